The van der Waals surface area contributed by atoms with Gasteiger partial charge < -0.3 is 15.4 Å². The van der Waals surface area contributed by atoms with Crippen LogP contribution in [0.25, 0.3) is 0 Å². The zero-order chi connectivity index (χ0) is 16.8. The van der Waals surface area contributed by atoms with Crippen LogP contribution in [0.3, 0.4) is 0 Å². The highest BCUT2D eigenvalue weighted by Gasteiger charge is 2.20. The van der Waals surface area contributed by atoms with Crippen LogP contribution in [-0.4, -0.2) is 39.3 Å². The average molecular weight is 328 g/mol. The minimum Gasteiger partial charge on any atom is -0.450 e. The smallest absolute Gasteiger partial charge is 0.407 e. The Morgan fingerprint density at radius 1 is 1.27 bits per heavy atom. The van der Waals surface area contributed by atoms with E-state index in [0.717, 1.165) is 5.56 Å². The van der Waals surface area contributed by atoms with Crippen molar-refractivity contribution in [2.45, 2.75) is 25.7 Å². The van der Waals surface area contributed by atoms with Crippen LogP contribution in [0.2, 0.25) is 0 Å². The van der Waals surface area contributed by atoms with Crippen LogP contribution in [0.1, 0.15) is 19.4 Å². The first-order valence-corrected chi connectivity index (χ1v) is 8.43. The summed E-state index contributed by atoms with van der Waals surface area (Å²) in [4.78, 5) is 22.4. The van der Waals surface area contributed by atoms with Gasteiger partial charge in [-0.15, -0.1) is 0 Å². The molecule has 0 saturated heterocycles. The van der Waals surface area contributed by atoms with E-state index in [1.807, 2.05) is 0 Å². The Balaban J connectivity index is 2.90. The fourth-order valence-electron chi connectivity index (χ4n) is 1.76. The first kappa shape index (κ1) is 18.0. The number of ether oxygens (including phenoxy) is 1. The molecule has 0 aromatic heterocycles. The van der Waals surface area contributed by atoms with E-state index in [1.54, 1.807) is 26.0 Å². The molecule has 0 atom stereocenters. The zero-order valence-corrected chi connectivity index (χ0v) is 13.6. The molecule has 1 aromatic carbocycles. The fraction of sp³-hybridized carbons (Fsp3) is 0.429. The highest BCUT2D eigenvalue weighted by atomic mass is 32.2. The third kappa shape index (κ3) is 5.36. The molecule has 2 amide bonds. The molecule has 0 aliphatic rings. The lowest BCUT2D eigenvalue weighted by Gasteiger charge is -2.12. The maximum absolute atomic E-state index is 12.4. The molecule has 122 valence electrons. The standard InChI is InChI=1S/C14H20N2O5S/c1-4-21-14(18)15-7-8-22(19,20)13-9-10(2)5-6-12(13)16-11(3)17/h5-6,9H,4,7-8H2,1-3H3,(H,15,18)(H,16,17). The number of anilines is 1. The van der Waals surface area contributed by atoms with E-state index in [9.17, 15) is 18.0 Å². The summed E-state index contributed by atoms with van der Waals surface area (Å²) in [6.45, 7) is 4.85. The number of rotatable bonds is 6. The van der Waals surface area contributed by atoms with Crippen molar-refractivity contribution in [3.8, 4) is 0 Å². The number of benzene rings is 1. The molecule has 22 heavy (non-hydrogen) atoms. The lowest BCUT2D eigenvalue weighted by molar-refractivity contribution is -0.114. The summed E-state index contributed by atoms with van der Waals surface area (Å²) in [6, 6.07) is 4.74. The molecule has 7 nitrogen and oxygen atoms in total. The van der Waals surface area contributed by atoms with E-state index in [4.69, 9.17) is 0 Å². The molecule has 0 aliphatic heterocycles. The minimum atomic E-state index is -3.65. The van der Waals surface area contributed by atoms with Gasteiger partial charge in [-0.3, -0.25) is 4.79 Å². The number of hydrogen-bond acceptors (Lipinski definition) is 5. The zero-order valence-electron chi connectivity index (χ0n) is 12.8. The molecule has 0 aliphatic carbocycles. The van der Waals surface area contributed by atoms with Crippen LogP contribution in [0, 0.1) is 6.92 Å². The van der Waals surface area contributed by atoms with E-state index in [0.29, 0.717) is 0 Å². The van der Waals surface area contributed by atoms with E-state index >= 15 is 0 Å². The third-order valence-corrected chi connectivity index (χ3v) is 4.45. The number of hydrogen-bond donors (Lipinski definition) is 2. The van der Waals surface area contributed by atoms with Crippen molar-refractivity contribution in [2.24, 2.45) is 0 Å². The first-order chi connectivity index (χ1) is 10.3. The van der Waals surface area contributed by atoms with E-state index in [2.05, 4.69) is 15.4 Å². The number of alkyl carbamates (subject to hydrolysis) is 1. The van der Waals surface area contributed by atoms with E-state index < -0.39 is 15.9 Å². The molecule has 1 rings (SSSR count). The number of carbonyl (C=O) groups excluding carboxylic acids is 2. The number of sulfone groups is 1. The Hall–Kier alpha value is -2.09. The summed E-state index contributed by atoms with van der Waals surface area (Å²) in [6.07, 6.45) is -0.663. The average Bonchev–Trinajstić information content (AvgIpc) is 2.40. The van der Waals surface area contributed by atoms with Crippen LogP contribution < -0.4 is 10.6 Å². The monoisotopic (exact) mass is 328 g/mol. The van der Waals surface area contributed by atoms with Crippen LogP contribution >= 0.6 is 0 Å². The van der Waals surface area contributed by atoms with Gasteiger partial charge in [0.15, 0.2) is 9.84 Å². The normalized spacial score (nSPS) is 10.9. The van der Waals surface area contributed by atoms with Gasteiger partial charge in [0, 0.05) is 13.5 Å². The minimum absolute atomic E-state index is 0.0355. The van der Waals surface area contributed by atoms with Crippen molar-refractivity contribution in [3.05, 3.63) is 23.8 Å². The second-order valence-corrected chi connectivity index (χ2v) is 6.72. The first-order valence-electron chi connectivity index (χ1n) is 6.78. The summed E-state index contributed by atoms with van der Waals surface area (Å²) in [7, 11) is -3.65. The molecule has 0 radical (unpaired) electrons. The number of amides is 2. The second-order valence-electron chi connectivity index (χ2n) is 4.65. The van der Waals surface area contributed by atoms with Gasteiger partial charge in [0.1, 0.15) is 0 Å². The van der Waals surface area contributed by atoms with Crippen molar-refractivity contribution in [1.82, 2.24) is 5.32 Å². The van der Waals surface area contributed by atoms with Crippen molar-refractivity contribution in [1.29, 1.82) is 0 Å². The number of carbonyl (C=O) groups is 2. The van der Waals surface area contributed by atoms with E-state index in [1.165, 1.54) is 13.0 Å². The lowest BCUT2D eigenvalue weighted by Crippen LogP contribution is -2.30. The van der Waals surface area contributed by atoms with Gasteiger partial charge in [-0.05, 0) is 31.5 Å². The van der Waals surface area contributed by atoms with Gasteiger partial charge in [0.2, 0.25) is 5.91 Å². The predicted octanol–water partition coefficient (Wildman–Crippen LogP) is 1.47. The van der Waals surface area contributed by atoms with Crippen molar-refractivity contribution >= 4 is 27.5 Å². The van der Waals surface area contributed by atoms with Gasteiger partial charge in [0.05, 0.1) is 22.9 Å². The molecule has 8 heteroatoms. The molecule has 0 spiro atoms. The van der Waals surface area contributed by atoms with Crippen molar-refractivity contribution < 1.29 is 22.7 Å². The third-order valence-electron chi connectivity index (χ3n) is 2.70. The summed E-state index contributed by atoms with van der Waals surface area (Å²) >= 11 is 0. The molecule has 0 saturated carbocycles. The summed E-state index contributed by atoms with van der Waals surface area (Å²) in [5.41, 5.74) is 0.986. The van der Waals surface area contributed by atoms with Crippen LogP contribution in [0.5, 0.6) is 0 Å². The largest absolute Gasteiger partial charge is 0.450 e. The quantitative estimate of drug-likeness (QED) is 0.823. The maximum Gasteiger partial charge on any atom is 0.407 e. The Labute approximate surface area is 130 Å². The molecule has 0 heterocycles. The number of aryl methyl sites for hydroxylation is 1. The highest BCUT2D eigenvalue weighted by molar-refractivity contribution is 7.91. The maximum atomic E-state index is 12.4. The molecule has 2 N–H and O–H groups in total. The Kier molecular flexibility index (Phi) is 6.36. The molecule has 0 bridgehead atoms. The Morgan fingerprint density at radius 3 is 2.55 bits per heavy atom. The molecular weight excluding hydrogens is 308 g/mol. The van der Waals surface area contributed by atoms with Crippen molar-refractivity contribution in [2.75, 3.05) is 24.2 Å². The SMILES string of the molecule is CCOC(=O)NCCS(=O)(=O)c1cc(C)ccc1NC(C)=O. The molecule has 0 fully saturated rings. The van der Waals surface area contributed by atoms with Gasteiger partial charge in [-0.1, -0.05) is 6.07 Å². The summed E-state index contributed by atoms with van der Waals surface area (Å²) in [5, 5.41) is 4.85. The van der Waals surface area contributed by atoms with E-state index in [-0.39, 0.29) is 35.4 Å². The topological polar surface area (TPSA) is 102 Å². The van der Waals surface area contributed by atoms with Crippen molar-refractivity contribution in [3.63, 3.8) is 0 Å². The second kappa shape index (κ2) is 7.79. The highest BCUT2D eigenvalue weighted by Crippen LogP contribution is 2.23. The summed E-state index contributed by atoms with van der Waals surface area (Å²) in [5.74, 6) is -0.646. The summed E-state index contributed by atoms with van der Waals surface area (Å²) < 4.78 is 29.4. The molecule has 0 unspecified atom stereocenters. The van der Waals surface area contributed by atoms with Crippen LogP contribution in [-0.2, 0) is 19.4 Å². The van der Waals surface area contributed by atoms with Gasteiger partial charge >= 0.3 is 6.09 Å². The number of nitrogens with one attached hydrogen (secondary N) is 2. The molecular formula is C14H20N2O5S. The van der Waals surface area contributed by atoms with Gasteiger partial charge in [-0.2, -0.15) is 0 Å². The molecule has 1 aromatic rings. The fourth-order valence-corrected chi connectivity index (χ4v) is 3.17. The Morgan fingerprint density at radius 2 is 1.95 bits per heavy atom. The van der Waals surface area contributed by atoms with Gasteiger partial charge in [-0.25, -0.2) is 13.2 Å². The van der Waals surface area contributed by atoms with Crippen LogP contribution in [0.15, 0.2) is 23.1 Å². The Bertz CT molecular complexity index is 655. The van der Waals surface area contributed by atoms with Gasteiger partial charge in [0.25, 0.3) is 0 Å². The lowest BCUT2D eigenvalue weighted by atomic mass is 10.2. The predicted molar refractivity (Wildman–Crippen MR) is 82.6 cm³/mol. The van der Waals surface area contributed by atoms with Crippen LogP contribution in [0.4, 0.5) is 10.5 Å².